The standard InChI is InChI=1S/C24H22ClN3O5/c1-31-20-11-15(12-21(32-2)22(20)33-3)14-26-28-24(30)17-5-4-6-19(13-17)27-23(29)16-7-9-18(25)10-8-16/h4-14H,1-3H3,(H,27,29)(H,28,30). The maximum Gasteiger partial charge on any atom is 0.271 e. The summed E-state index contributed by atoms with van der Waals surface area (Å²) in [6.07, 6.45) is 1.45. The van der Waals surface area contributed by atoms with Gasteiger partial charge in [-0.15, -0.1) is 0 Å². The number of hydrogen-bond donors (Lipinski definition) is 2. The number of ether oxygens (including phenoxy) is 3. The highest BCUT2D eigenvalue weighted by Crippen LogP contribution is 2.37. The van der Waals surface area contributed by atoms with Crippen molar-refractivity contribution in [1.29, 1.82) is 0 Å². The number of nitrogens with zero attached hydrogens (tertiary/aromatic N) is 1. The summed E-state index contributed by atoms with van der Waals surface area (Å²) < 4.78 is 15.9. The highest BCUT2D eigenvalue weighted by molar-refractivity contribution is 6.30. The summed E-state index contributed by atoms with van der Waals surface area (Å²) in [5, 5.41) is 7.28. The van der Waals surface area contributed by atoms with Crippen LogP contribution in [0.3, 0.4) is 0 Å². The van der Waals surface area contributed by atoms with E-state index >= 15 is 0 Å². The van der Waals surface area contributed by atoms with Crippen LogP contribution in [0.5, 0.6) is 17.2 Å². The number of benzene rings is 3. The van der Waals surface area contributed by atoms with Crippen molar-refractivity contribution >= 4 is 35.3 Å². The number of hydrazone groups is 1. The zero-order valence-electron chi connectivity index (χ0n) is 18.2. The van der Waals surface area contributed by atoms with Gasteiger partial charge in [-0.3, -0.25) is 9.59 Å². The smallest absolute Gasteiger partial charge is 0.271 e. The lowest BCUT2D eigenvalue weighted by atomic mass is 10.1. The maximum atomic E-state index is 12.5. The first-order chi connectivity index (χ1) is 15.9. The molecule has 0 fully saturated rings. The number of nitrogens with one attached hydrogen (secondary N) is 2. The van der Waals surface area contributed by atoms with Gasteiger partial charge < -0.3 is 19.5 Å². The molecule has 0 aliphatic heterocycles. The molecule has 9 heteroatoms. The predicted molar refractivity (Wildman–Crippen MR) is 127 cm³/mol. The summed E-state index contributed by atoms with van der Waals surface area (Å²) in [4.78, 5) is 24.9. The van der Waals surface area contributed by atoms with Gasteiger partial charge in [-0.2, -0.15) is 5.10 Å². The molecule has 2 amide bonds. The van der Waals surface area contributed by atoms with Gasteiger partial charge in [-0.05, 0) is 54.6 Å². The summed E-state index contributed by atoms with van der Waals surface area (Å²) in [5.74, 6) is 0.632. The number of amides is 2. The van der Waals surface area contributed by atoms with Gasteiger partial charge in [-0.25, -0.2) is 5.43 Å². The number of rotatable bonds is 8. The second kappa shape index (κ2) is 11.0. The lowest BCUT2D eigenvalue weighted by molar-refractivity contribution is 0.0953. The van der Waals surface area contributed by atoms with Gasteiger partial charge in [-0.1, -0.05) is 17.7 Å². The van der Waals surface area contributed by atoms with Gasteiger partial charge in [0.25, 0.3) is 11.8 Å². The Morgan fingerprint density at radius 2 is 1.52 bits per heavy atom. The van der Waals surface area contributed by atoms with Crippen LogP contribution in [0.15, 0.2) is 65.8 Å². The Kier molecular flexibility index (Phi) is 7.88. The largest absolute Gasteiger partial charge is 0.493 e. The molecule has 170 valence electrons. The van der Waals surface area contributed by atoms with Gasteiger partial charge in [0.15, 0.2) is 11.5 Å². The highest BCUT2D eigenvalue weighted by atomic mass is 35.5. The van der Waals surface area contributed by atoms with Crippen LogP contribution in [0, 0.1) is 0 Å². The molecule has 0 atom stereocenters. The van der Waals surface area contributed by atoms with Crippen LogP contribution >= 0.6 is 11.6 Å². The van der Waals surface area contributed by atoms with Crippen LogP contribution in [-0.2, 0) is 0 Å². The van der Waals surface area contributed by atoms with Gasteiger partial charge >= 0.3 is 0 Å². The van der Waals surface area contributed by atoms with E-state index in [9.17, 15) is 9.59 Å². The Morgan fingerprint density at radius 3 is 2.12 bits per heavy atom. The van der Waals surface area contributed by atoms with Crippen molar-refractivity contribution in [3.05, 3.63) is 82.4 Å². The van der Waals surface area contributed by atoms with E-state index in [1.807, 2.05) is 0 Å². The zero-order chi connectivity index (χ0) is 23.8. The second-order valence-corrected chi connectivity index (χ2v) is 7.14. The molecule has 0 unspecified atom stereocenters. The van der Waals surface area contributed by atoms with Crippen molar-refractivity contribution < 1.29 is 23.8 Å². The summed E-state index contributed by atoms with van der Waals surface area (Å²) in [7, 11) is 4.54. The molecule has 0 aromatic heterocycles. The Balaban J connectivity index is 1.68. The van der Waals surface area contributed by atoms with Crippen molar-refractivity contribution in [3.8, 4) is 17.2 Å². The number of carbonyl (C=O) groups excluding carboxylic acids is 2. The molecule has 0 aliphatic rings. The number of halogens is 1. The molecule has 2 N–H and O–H groups in total. The quantitative estimate of drug-likeness (QED) is 0.378. The topological polar surface area (TPSA) is 98.2 Å². The van der Waals surface area contributed by atoms with E-state index < -0.39 is 5.91 Å². The lowest BCUT2D eigenvalue weighted by Gasteiger charge is -2.12. The fourth-order valence-corrected chi connectivity index (χ4v) is 3.07. The summed E-state index contributed by atoms with van der Waals surface area (Å²) in [5.41, 5.74) is 4.33. The fraction of sp³-hybridized carbons (Fsp3) is 0.125. The minimum Gasteiger partial charge on any atom is -0.493 e. The zero-order valence-corrected chi connectivity index (χ0v) is 19.0. The van der Waals surface area contributed by atoms with Crippen LogP contribution in [0.2, 0.25) is 5.02 Å². The second-order valence-electron chi connectivity index (χ2n) is 6.70. The summed E-state index contributed by atoms with van der Waals surface area (Å²) in [6.45, 7) is 0. The van der Waals surface area contributed by atoms with Gasteiger partial charge in [0.2, 0.25) is 5.75 Å². The molecule has 0 heterocycles. The van der Waals surface area contributed by atoms with Crippen molar-refractivity contribution in [2.75, 3.05) is 26.6 Å². The first kappa shape index (κ1) is 23.6. The molecular formula is C24H22ClN3O5. The Labute approximate surface area is 196 Å². The molecule has 0 aliphatic carbocycles. The van der Waals surface area contributed by atoms with E-state index in [4.69, 9.17) is 25.8 Å². The third-order valence-electron chi connectivity index (χ3n) is 4.56. The van der Waals surface area contributed by atoms with Crippen LogP contribution in [0.4, 0.5) is 5.69 Å². The number of anilines is 1. The molecule has 3 rings (SSSR count). The molecule has 0 spiro atoms. The molecule has 3 aromatic rings. The average molecular weight is 468 g/mol. The molecular weight excluding hydrogens is 446 g/mol. The van der Waals surface area contributed by atoms with Gasteiger partial charge in [0.05, 0.1) is 27.5 Å². The number of carbonyl (C=O) groups is 2. The third kappa shape index (κ3) is 6.02. The van der Waals surface area contributed by atoms with Crippen LogP contribution in [-0.4, -0.2) is 39.4 Å². The SMILES string of the molecule is COc1cc(C=NNC(=O)c2cccc(NC(=O)c3ccc(Cl)cc3)c2)cc(OC)c1OC. The molecule has 0 radical (unpaired) electrons. The van der Waals surface area contributed by atoms with Crippen LogP contribution < -0.4 is 25.0 Å². The van der Waals surface area contributed by atoms with Crippen molar-refractivity contribution in [3.63, 3.8) is 0 Å². The average Bonchev–Trinajstić information content (AvgIpc) is 2.83. The summed E-state index contributed by atoms with van der Waals surface area (Å²) in [6, 6.07) is 16.4. The lowest BCUT2D eigenvalue weighted by Crippen LogP contribution is -2.18. The molecule has 3 aromatic carbocycles. The van der Waals surface area contributed by atoms with E-state index in [1.165, 1.54) is 27.5 Å². The van der Waals surface area contributed by atoms with E-state index in [1.54, 1.807) is 60.7 Å². The van der Waals surface area contributed by atoms with Crippen LogP contribution in [0.25, 0.3) is 0 Å². The first-order valence-electron chi connectivity index (χ1n) is 9.75. The van der Waals surface area contributed by atoms with Gasteiger partial charge in [0.1, 0.15) is 0 Å². The monoisotopic (exact) mass is 467 g/mol. The number of hydrogen-bond acceptors (Lipinski definition) is 6. The Hall–Kier alpha value is -4.04. The molecule has 33 heavy (non-hydrogen) atoms. The first-order valence-corrected chi connectivity index (χ1v) is 10.1. The third-order valence-corrected chi connectivity index (χ3v) is 4.81. The molecule has 0 bridgehead atoms. The molecule has 0 saturated heterocycles. The van der Waals surface area contributed by atoms with E-state index in [2.05, 4.69) is 15.8 Å². The normalized spacial score (nSPS) is 10.5. The molecule has 8 nitrogen and oxygen atoms in total. The van der Waals surface area contributed by atoms with Crippen molar-refractivity contribution in [1.82, 2.24) is 5.43 Å². The van der Waals surface area contributed by atoms with Crippen molar-refractivity contribution in [2.45, 2.75) is 0 Å². The van der Waals surface area contributed by atoms with E-state index in [0.717, 1.165) is 0 Å². The maximum absolute atomic E-state index is 12.5. The predicted octanol–water partition coefficient (Wildman–Crippen LogP) is 4.38. The highest BCUT2D eigenvalue weighted by Gasteiger charge is 2.13. The Morgan fingerprint density at radius 1 is 0.848 bits per heavy atom. The minimum atomic E-state index is -0.443. The Bertz CT molecular complexity index is 1150. The number of methoxy groups -OCH3 is 3. The fourth-order valence-electron chi connectivity index (χ4n) is 2.95. The van der Waals surface area contributed by atoms with Crippen LogP contribution in [0.1, 0.15) is 26.3 Å². The molecule has 0 saturated carbocycles. The van der Waals surface area contributed by atoms with E-state index in [-0.39, 0.29) is 5.91 Å². The summed E-state index contributed by atoms with van der Waals surface area (Å²) >= 11 is 5.85. The minimum absolute atomic E-state index is 0.315. The van der Waals surface area contributed by atoms with E-state index in [0.29, 0.717) is 44.6 Å². The van der Waals surface area contributed by atoms with Gasteiger partial charge in [0, 0.05) is 27.4 Å². The van der Waals surface area contributed by atoms with Crippen molar-refractivity contribution in [2.24, 2.45) is 5.10 Å².